The molecule has 7 heteroatoms. The molecule has 1 amide bonds. The Morgan fingerprint density at radius 2 is 2.08 bits per heavy atom. The normalized spacial score (nSPS) is 15.0. The van der Waals surface area contributed by atoms with Crippen LogP contribution >= 0.6 is 0 Å². The number of pyridine rings is 1. The second-order valence-corrected chi connectivity index (χ2v) is 6.62. The topological polar surface area (TPSA) is 97.0 Å². The molecule has 4 rings (SSSR count). The van der Waals surface area contributed by atoms with Crippen LogP contribution in [0, 0.1) is 0 Å². The highest BCUT2D eigenvalue weighted by atomic mass is 16.1. The van der Waals surface area contributed by atoms with Crippen molar-refractivity contribution in [2.75, 3.05) is 18.5 Å². The Morgan fingerprint density at radius 3 is 2.73 bits per heavy atom. The van der Waals surface area contributed by atoms with Crippen molar-refractivity contribution in [3.8, 4) is 0 Å². The molecule has 2 aromatic heterocycles. The van der Waals surface area contributed by atoms with Crippen LogP contribution in [0.3, 0.4) is 0 Å². The van der Waals surface area contributed by atoms with Gasteiger partial charge in [-0.3, -0.25) is 9.78 Å². The monoisotopic (exact) mass is 348 g/mol. The van der Waals surface area contributed by atoms with E-state index in [1.165, 1.54) is 6.20 Å². The molecule has 3 aromatic rings. The van der Waals surface area contributed by atoms with Crippen LogP contribution in [0.4, 0.5) is 11.5 Å². The number of aromatic nitrogens is 3. The van der Waals surface area contributed by atoms with Gasteiger partial charge in [0.2, 0.25) is 0 Å². The summed E-state index contributed by atoms with van der Waals surface area (Å²) in [7, 11) is 1.98. The number of nitrogens with one attached hydrogen (secondary N) is 1. The molecule has 2 heterocycles. The van der Waals surface area contributed by atoms with E-state index in [1.54, 1.807) is 12.4 Å². The van der Waals surface area contributed by atoms with Gasteiger partial charge in [-0.1, -0.05) is 6.07 Å². The van der Waals surface area contributed by atoms with Crippen molar-refractivity contribution in [3.63, 3.8) is 0 Å². The summed E-state index contributed by atoms with van der Waals surface area (Å²) in [6.07, 6.45) is 7.03. The maximum absolute atomic E-state index is 11.3. The molecule has 0 saturated heterocycles. The Labute approximate surface area is 151 Å². The third-order valence-corrected chi connectivity index (χ3v) is 4.91. The smallest absolute Gasteiger partial charge is 0.268 e. The Kier molecular flexibility index (Phi) is 4.00. The summed E-state index contributed by atoms with van der Waals surface area (Å²) in [5, 5.41) is 4.47. The van der Waals surface area contributed by atoms with Crippen LogP contribution in [-0.4, -0.2) is 40.0 Å². The van der Waals surface area contributed by atoms with Gasteiger partial charge >= 0.3 is 0 Å². The number of rotatable bonds is 6. The fraction of sp³-hybridized carbons (Fsp3) is 0.263. The molecular formula is C19H20N6O. The second kappa shape index (κ2) is 6.34. The molecule has 0 atom stereocenters. The maximum atomic E-state index is 11.3. The second-order valence-electron chi connectivity index (χ2n) is 6.62. The molecular weight excluding hydrogens is 328 g/mol. The molecule has 3 N–H and O–H groups in total. The Balaban J connectivity index is 1.75. The molecule has 132 valence electrons. The van der Waals surface area contributed by atoms with Gasteiger partial charge in [-0.25, -0.2) is 9.97 Å². The molecule has 7 nitrogen and oxygen atoms in total. The number of hydrogen-bond acceptors (Lipinski definition) is 6. The first-order chi connectivity index (χ1) is 12.6. The number of hydrogen-bond donors (Lipinski definition) is 2. The first-order valence-electron chi connectivity index (χ1n) is 8.53. The quantitative estimate of drug-likeness (QED) is 0.707. The van der Waals surface area contributed by atoms with Crippen LogP contribution in [0.25, 0.3) is 10.9 Å². The number of likely N-dealkylation sites (N-methyl/N-ethyl adjacent to an activating group) is 1. The van der Waals surface area contributed by atoms with Crippen LogP contribution in [0.15, 0.2) is 48.9 Å². The van der Waals surface area contributed by atoms with Crippen LogP contribution < -0.4 is 16.0 Å². The summed E-state index contributed by atoms with van der Waals surface area (Å²) >= 11 is 0. The van der Waals surface area contributed by atoms with E-state index in [0.717, 1.165) is 36.0 Å². The Bertz CT molecular complexity index is 952. The number of nitrogens with two attached hydrogens (primary N) is 1. The third-order valence-electron chi connectivity index (χ3n) is 4.91. The Hall–Kier alpha value is -3.06. The third kappa shape index (κ3) is 3.09. The SMILES string of the molecule is CNC1(CN(c2ccc3ncccc3c2)c2cnc(C(N)=O)cn2)CC1. The van der Waals surface area contributed by atoms with Crippen LogP contribution in [-0.2, 0) is 0 Å². The van der Waals surface area contributed by atoms with E-state index in [0.29, 0.717) is 5.82 Å². The molecule has 0 spiro atoms. The lowest BCUT2D eigenvalue weighted by Gasteiger charge is -2.28. The van der Waals surface area contributed by atoms with Crippen LogP contribution in [0.2, 0.25) is 0 Å². The largest absolute Gasteiger partial charge is 0.364 e. The van der Waals surface area contributed by atoms with Gasteiger partial charge in [0.25, 0.3) is 5.91 Å². The average Bonchev–Trinajstić information content (AvgIpc) is 3.46. The first kappa shape index (κ1) is 16.4. The lowest BCUT2D eigenvalue weighted by atomic mass is 10.1. The van der Waals surface area contributed by atoms with Gasteiger partial charge in [0.1, 0.15) is 5.69 Å². The molecule has 26 heavy (non-hydrogen) atoms. The predicted octanol–water partition coefficient (Wildman–Crippen LogP) is 2.01. The average molecular weight is 348 g/mol. The zero-order valence-electron chi connectivity index (χ0n) is 14.5. The number of nitrogens with zero attached hydrogens (tertiary/aromatic N) is 4. The van der Waals surface area contributed by atoms with E-state index in [9.17, 15) is 4.79 Å². The summed E-state index contributed by atoms with van der Waals surface area (Å²) in [5.74, 6) is 0.0982. The van der Waals surface area contributed by atoms with Crippen molar-refractivity contribution in [1.82, 2.24) is 20.3 Å². The molecule has 0 unspecified atom stereocenters. The predicted molar refractivity (Wildman–Crippen MR) is 100 cm³/mol. The summed E-state index contributed by atoms with van der Waals surface area (Å²) in [5.41, 5.74) is 7.46. The van der Waals surface area contributed by atoms with Crippen molar-refractivity contribution in [3.05, 3.63) is 54.6 Å². The summed E-state index contributed by atoms with van der Waals surface area (Å²) in [6.45, 7) is 0.764. The van der Waals surface area contributed by atoms with Gasteiger partial charge in [-0.15, -0.1) is 0 Å². The van der Waals surface area contributed by atoms with Gasteiger partial charge in [0.05, 0.1) is 17.9 Å². The number of anilines is 2. The Morgan fingerprint density at radius 1 is 1.23 bits per heavy atom. The van der Waals surface area contributed by atoms with Crippen molar-refractivity contribution in [2.45, 2.75) is 18.4 Å². The fourth-order valence-electron chi connectivity index (χ4n) is 3.06. The van der Waals surface area contributed by atoms with Gasteiger partial charge < -0.3 is 16.0 Å². The lowest BCUT2D eigenvalue weighted by Crippen LogP contribution is -2.39. The molecule has 0 aliphatic heterocycles. The highest BCUT2D eigenvalue weighted by molar-refractivity contribution is 5.90. The van der Waals surface area contributed by atoms with Gasteiger partial charge in [0.15, 0.2) is 5.82 Å². The van der Waals surface area contributed by atoms with E-state index >= 15 is 0 Å². The number of benzene rings is 1. The van der Waals surface area contributed by atoms with Crippen LogP contribution in [0.1, 0.15) is 23.3 Å². The number of carbonyl (C=O) groups is 1. The summed E-state index contributed by atoms with van der Waals surface area (Å²) in [4.78, 5) is 26.3. The minimum Gasteiger partial charge on any atom is -0.364 e. The molecule has 1 fully saturated rings. The molecule has 0 radical (unpaired) electrons. The molecule has 1 aromatic carbocycles. The minimum absolute atomic E-state index is 0.0773. The molecule has 1 aliphatic carbocycles. The van der Waals surface area contributed by atoms with Crippen molar-refractivity contribution >= 4 is 28.3 Å². The fourth-order valence-corrected chi connectivity index (χ4v) is 3.06. The number of primary amides is 1. The zero-order chi connectivity index (χ0) is 18.1. The minimum atomic E-state index is -0.582. The lowest BCUT2D eigenvalue weighted by molar-refractivity contribution is 0.0995. The molecule has 1 aliphatic rings. The maximum Gasteiger partial charge on any atom is 0.268 e. The number of fused-ring (bicyclic) bond motifs is 1. The van der Waals surface area contributed by atoms with E-state index < -0.39 is 5.91 Å². The van der Waals surface area contributed by atoms with E-state index in [1.807, 2.05) is 31.3 Å². The summed E-state index contributed by atoms with van der Waals surface area (Å²) in [6, 6.07) is 10.1. The van der Waals surface area contributed by atoms with Crippen molar-refractivity contribution in [1.29, 1.82) is 0 Å². The van der Waals surface area contributed by atoms with Gasteiger partial charge in [-0.05, 0) is 44.2 Å². The van der Waals surface area contributed by atoms with Crippen molar-refractivity contribution in [2.24, 2.45) is 5.73 Å². The van der Waals surface area contributed by atoms with Gasteiger partial charge in [0, 0.05) is 29.4 Å². The van der Waals surface area contributed by atoms with E-state index in [-0.39, 0.29) is 11.2 Å². The van der Waals surface area contributed by atoms with E-state index in [4.69, 9.17) is 5.73 Å². The molecule has 0 bridgehead atoms. The van der Waals surface area contributed by atoms with E-state index in [2.05, 4.69) is 31.2 Å². The van der Waals surface area contributed by atoms with Gasteiger partial charge in [-0.2, -0.15) is 0 Å². The number of carbonyl (C=O) groups excluding carboxylic acids is 1. The highest BCUT2D eigenvalue weighted by Gasteiger charge is 2.43. The van der Waals surface area contributed by atoms with Crippen LogP contribution in [0.5, 0.6) is 0 Å². The first-order valence-corrected chi connectivity index (χ1v) is 8.53. The van der Waals surface area contributed by atoms with Crippen molar-refractivity contribution < 1.29 is 4.79 Å². The summed E-state index contributed by atoms with van der Waals surface area (Å²) < 4.78 is 0. The highest BCUT2D eigenvalue weighted by Crippen LogP contribution is 2.39. The standard InChI is InChI=1S/C19H20N6O/c1-21-19(6-7-19)12-25(17-11-23-16(10-24-17)18(20)26)14-4-5-15-13(9-14)3-2-8-22-15/h2-5,8-11,21H,6-7,12H2,1H3,(H2,20,26). The molecule has 1 saturated carbocycles. The zero-order valence-corrected chi connectivity index (χ0v) is 14.5. The number of amides is 1.